The quantitative estimate of drug-likeness (QED) is 0.239. The molecule has 6 rings (SSSR count). The predicted molar refractivity (Wildman–Crippen MR) is 156 cm³/mol. The molecular formula is C29H27ClN8O4. The van der Waals surface area contributed by atoms with E-state index in [1.165, 1.54) is 15.9 Å². The van der Waals surface area contributed by atoms with Crippen LogP contribution in [0.1, 0.15) is 30.4 Å². The van der Waals surface area contributed by atoms with E-state index >= 15 is 0 Å². The molecule has 0 unspecified atom stereocenters. The summed E-state index contributed by atoms with van der Waals surface area (Å²) in [4.78, 5) is 34.5. The Morgan fingerprint density at radius 2 is 2.00 bits per heavy atom. The summed E-state index contributed by atoms with van der Waals surface area (Å²) in [6.07, 6.45) is 4.23. The Bertz CT molecular complexity index is 1780. The van der Waals surface area contributed by atoms with Gasteiger partial charge < -0.3 is 19.4 Å². The highest BCUT2D eigenvalue weighted by Gasteiger charge is 2.28. The summed E-state index contributed by atoms with van der Waals surface area (Å²) >= 11 is 6.32. The van der Waals surface area contributed by atoms with Gasteiger partial charge in [0.15, 0.2) is 0 Å². The van der Waals surface area contributed by atoms with Crippen molar-refractivity contribution >= 4 is 23.4 Å². The largest absolute Gasteiger partial charge is 0.465 e. The molecule has 0 radical (unpaired) electrons. The van der Waals surface area contributed by atoms with Crippen molar-refractivity contribution in [1.29, 1.82) is 0 Å². The van der Waals surface area contributed by atoms with Gasteiger partial charge in [-0.3, -0.25) is 9.69 Å². The highest BCUT2D eigenvalue weighted by atomic mass is 35.5. The van der Waals surface area contributed by atoms with Gasteiger partial charge in [0.25, 0.3) is 5.56 Å². The number of amides is 1. The summed E-state index contributed by atoms with van der Waals surface area (Å²) in [5.74, 6) is 0.687. The van der Waals surface area contributed by atoms with Gasteiger partial charge in [0, 0.05) is 48.3 Å². The maximum absolute atomic E-state index is 13.5. The van der Waals surface area contributed by atoms with Crippen molar-refractivity contribution in [2.75, 3.05) is 25.2 Å². The normalized spacial score (nSPS) is 14.2. The molecule has 0 aliphatic carbocycles. The molecule has 5 aromatic rings. The average Bonchev–Trinajstić information content (AvgIpc) is 3.76. The molecule has 0 bridgehead atoms. The first-order chi connectivity index (χ1) is 20.4. The van der Waals surface area contributed by atoms with Gasteiger partial charge in [-0.1, -0.05) is 23.7 Å². The molecule has 0 saturated carbocycles. The number of benzene rings is 2. The number of nitrogens with one attached hydrogen (secondary N) is 1. The zero-order valence-corrected chi connectivity index (χ0v) is 23.4. The van der Waals surface area contributed by atoms with E-state index in [4.69, 9.17) is 16.3 Å². The lowest BCUT2D eigenvalue weighted by Gasteiger charge is -2.19. The Morgan fingerprint density at radius 3 is 2.74 bits per heavy atom. The number of hydrogen-bond donors (Lipinski definition) is 2. The van der Waals surface area contributed by atoms with Gasteiger partial charge in [0.2, 0.25) is 0 Å². The molecule has 13 heteroatoms. The number of fused-ring (bicyclic) bond motifs is 1. The van der Waals surface area contributed by atoms with Crippen molar-refractivity contribution in [3.8, 4) is 28.1 Å². The van der Waals surface area contributed by atoms with Crippen LogP contribution in [0.25, 0.3) is 28.1 Å². The molecular weight excluding hydrogens is 560 g/mol. The number of rotatable bonds is 9. The van der Waals surface area contributed by atoms with Crippen LogP contribution in [0.4, 0.5) is 10.5 Å². The third-order valence-electron chi connectivity index (χ3n) is 7.36. The summed E-state index contributed by atoms with van der Waals surface area (Å²) in [5.41, 5.74) is 5.17. The fourth-order valence-electron chi connectivity index (χ4n) is 5.40. The molecule has 1 atom stereocenters. The van der Waals surface area contributed by atoms with Gasteiger partial charge in [-0.2, -0.15) is 4.68 Å². The Labute approximate surface area is 245 Å². The van der Waals surface area contributed by atoms with E-state index in [-0.39, 0.29) is 11.6 Å². The molecule has 1 amide bonds. The third-order valence-corrected chi connectivity index (χ3v) is 7.60. The second kappa shape index (κ2) is 11.6. The number of aryl methyl sites for hydroxylation is 1. The van der Waals surface area contributed by atoms with Gasteiger partial charge >= 0.3 is 6.09 Å². The third kappa shape index (κ3) is 5.29. The summed E-state index contributed by atoms with van der Waals surface area (Å²) in [6, 6.07) is 16.0. The molecule has 0 spiro atoms. The van der Waals surface area contributed by atoms with Gasteiger partial charge in [0.1, 0.15) is 12.2 Å². The lowest BCUT2D eigenvalue weighted by Crippen LogP contribution is -2.30. The average molecular weight is 587 g/mol. The van der Waals surface area contributed by atoms with Gasteiger partial charge in [0.05, 0.1) is 23.6 Å². The predicted octanol–water partition coefficient (Wildman–Crippen LogP) is 4.59. The SMILES string of the molecule is COCCCN(C(=O)O)c1ccc(-c2cnc([C@@H]3CCc4cc(-c5cc(Cl)ccc5-n5cnnn5)cc(=O)n43)[nH]2)cc1. The summed E-state index contributed by atoms with van der Waals surface area (Å²) in [7, 11) is 1.59. The number of pyridine rings is 1. The number of ether oxygens (including phenoxy) is 1. The number of halogens is 1. The first-order valence-corrected chi connectivity index (χ1v) is 13.7. The van der Waals surface area contributed by atoms with Crippen LogP contribution >= 0.6 is 11.6 Å². The first kappa shape index (κ1) is 27.4. The molecule has 1 aliphatic rings. The highest BCUT2D eigenvalue weighted by Crippen LogP contribution is 2.34. The molecule has 2 aromatic carbocycles. The van der Waals surface area contributed by atoms with Crippen LogP contribution in [0.3, 0.4) is 0 Å². The summed E-state index contributed by atoms with van der Waals surface area (Å²) < 4.78 is 8.36. The second-order valence-electron chi connectivity index (χ2n) is 9.92. The monoisotopic (exact) mass is 586 g/mol. The molecule has 0 saturated heterocycles. The van der Waals surface area contributed by atoms with Crippen molar-refractivity contribution in [2.24, 2.45) is 0 Å². The van der Waals surface area contributed by atoms with Gasteiger partial charge in [-0.15, -0.1) is 5.10 Å². The van der Waals surface area contributed by atoms with E-state index in [2.05, 4.69) is 25.5 Å². The number of H-pyrrole nitrogens is 1. The van der Waals surface area contributed by atoms with E-state index in [0.717, 1.165) is 34.5 Å². The fraction of sp³-hybridized carbons (Fsp3) is 0.241. The number of tetrazole rings is 1. The highest BCUT2D eigenvalue weighted by molar-refractivity contribution is 6.31. The van der Waals surface area contributed by atoms with Crippen molar-refractivity contribution < 1.29 is 14.6 Å². The number of aromatic nitrogens is 7. The zero-order chi connectivity index (χ0) is 29.2. The van der Waals surface area contributed by atoms with Crippen molar-refractivity contribution in [3.05, 3.63) is 94.0 Å². The molecule has 42 heavy (non-hydrogen) atoms. The minimum absolute atomic E-state index is 0.142. The van der Waals surface area contributed by atoms with Crippen LogP contribution in [-0.2, 0) is 11.2 Å². The van der Waals surface area contributed by atoms with Crippen LogP contribution in [-0.4, -0.2) is 66.2 Å². The number of anilines is 1. The van der Waals surface area contributed by atoms with Crippen LogP contribution in [0.15, 0.2) is 71.9 Å². The minimum Gasteiger partial charge on any atom is -0.465 e. The molecule has 214 valence electrons. The second-order valence-corrected chi connectivity index (χ2v) is 10.4. The summed E-state index contributed by atoms with van der Waals surface area (Å²) in [6.45, 7) is 0.820. The maximum Gasteiger partial charge on any atom is 0.411 e. The van der Waals surface area contributed by atoms with Gasteiger partial charge in [-0.25, -0.2) is 9.78 Å². The van der Waals surface area contributed by atoms with Gasteiger partial charge in [-0.05, 0) is 77.2 Å². The number of nitrogens with zero attached hydrogens (tertiary/aromatic N) is 7. The molecule has 1 aliphatic heterocycles. The fourth-order valence-corrected chi connectivity index (χ4v) is 5.57. The number of imidazole rings is 1. The van der Waals surface area contributed by atoms with E-state index in [1.54, 1.807) is 48.2 Å². The Hall–Kier alpha value is -4.81. The molecule has 3 aromatic heterocycles. The van der Waals surface area contributed by atoms with Crippen LogP contribution in [0.5, 0.6) is 0 Å². The van der Waals surface area contributed by atoms with Crippen LogP contribution < -0.4 is 10.5 Å². The smallest absolute Gasteiger partial charge is 0.411 e. The number of carbonyl (C=O) groups is 1. The number of hydrogen-bond acceptors (Lipinski definition) is 7. The molecule has 2 N–H and O–H groups in total. The lowest BCUT2D eigenvalue weighted by molar-refractivity contribution is 0.189. The molecule has 4 heterocycles. The Kier molecular flexibility index (Phi) is 7.55. The lowest BCUT2D eigenvalue weighted by atomic mass is 10.0. The standard InChI is InChI=1S/C29H27ClN8O4/c1-42-12-2-11-36(29(40)41)21-6-3-18(4-7-21)24-16-31-28(33-24)26-10-8-22-13-19(14-27(39)38(22)26)23-15-20(30)5-9-25(23)37-17-32-34-35-37/h3-7,9,13-17,26H,2,8,10-12H2,1H3,(H,31,33)(H,40,41)/t26-/m0/s1. The van der Waals surface area contributed by atoms with E-state index < -0.39 is 6.09 Å². The maximum atomic E-state index is 13.5. The van der Waals surface area contributed by atoms with Crippen molar-refractivity contribution in [1.82, 2.24) is 34.7 Å². The topological polar surface area (TPSA) is 144 Å². The number of aromatic amines is 1. The molecule has 0 fully saturated rings. The molecule has 12 nitrogen and oxygen atoms in total. The Morgan fingerprint density at radius 1 is 1.17 bits per heavy atom. The first-order valence-electron chi connectivity index (χ1n) is 13.4. The Balaban J connectivity index is 1.26. The van der Waals surface area contributed by atoms with Crippen LogP contribution in [0.2, 0.25) is 5.02 Å². The van der Waals surface area contributed by atoms with Crippen molar-refractivity contribution in [3.63, 3.8) is 0 Å². The zero-order valence-electron chi connectivity index (χ0n) is 22.6. The van der Waals surface area contributed by atoms with Crippen LogP contribution in [0, 0.1) is 0 Å². The number of methoxy groups -OCH3 is 1. The number of carboxylic acid groups (broad SMARTS) is 1. The van der Waals surface area contributed by atoms with E-state index in [1.807, 2.05) is 24.3 Å². The minimum atomic E-state index is -1.02. The van der Waals surface area contributed by atoms with E-state index in [0.29, 0.717) is 48.2 Å². The summed E-state index contributed by atoms with van der Waals surface area (Å²) in [5, 5.41) is 21.6. The van der Waals surface area contributed by atoms with Crippen molar-refractivity contribution in [2.45, 2.75) is 25.3 Å². The van der Waals surface area contributed by atoms with E-state index in [9.17, 15) is 14.7 Å².